The lowest BCUT2D eigenvalue weighted by molar-refractivity contribution is 0.312. The van der Waals surface area contributed by atoms with Gasteiger partial charge in [-0.1, -0.05) is 0 Å². The average Bonchev–Trinajstić information content (AvgIpc) is 3.48. The van der Waals surface area contributed by atoms with Crippen molar-refractivity contribution in [3.63, 3.8) is 0 Å². The number of H-pyrrole nitrogens is 2. The van der Waals surface area contributed by atoms with Gasteiger partial charge < -0.3 is 20.1 Å². The lowest BCUT2D eigenvalue weighted by Crippen LogP contribution is -2.44. The van der Waals surface area contributed by atoms with Gasteiger partial charge in [-0.05, 0) is 45.2 Å². The highest BCUT2D eigenvalue weighted by Crippen LogP contribution is 2.30. The Labute approximate surface area is 202 Å². The second-order valence-electron chi connectivity index (χ2n) is 9.33. The third kappa shape index (κ3) is 4.06. The van der Waals surface area contributed by atoms with Crippen LogP contribution in [-0.4, -0.2) is 79.3 Å². The maximum Gasteiger partial charge on any atom is 0.161 e. The maximum atomic E-state index is 4.94. The summed E-state index contributed by atoms with van der Waals surface area (Å²) in [5, 5.41) is 11.1. The average molecular weight is 469 g/mol. The largest absolute Gasteiger partial charge is 0.382 e. The van der Waals surface area contributed by atoms with E-state index in [1.807, 2.05) is 36.8 Å². The molecule has 10 heteroatoms. The number of pyridine rings is 3. The zero-order valence-electron chi connectivity index (χ0n) is 20.1. The summed E-state index contributed by atoms with van der Waals surface area (Å²) in [5.74, 6) is 1.58. The lowest BCUT2D eigenvalue weighted by atomic mass is 10.1. The van der Waals surface area contributed by atoms with E-state index in [1.54, 1.807) is 0 Å². The summed E-state index contributed by atoms with van der Waals surface area (Å²) in [6.07, 6.45) is 5.49. The summed E-state index contributed by atoms with van der Waals surface area (Å²) in [7, 11) is 2.15. The van der Waals surface area contributed by atoms with Crippen LogP contribution >= 0.6 is 0 Å². The quantitative estimate of drug-likeness (QED) is 0.359. The smallest absolute Gasteiger partial charge is 0.161 e. The minimum Gasteiger partial charge on any atom is -0.382 e. The van der Waals surface area contributed by atoms with Crippen molar-refractivity contribution in [3.05, 3.63) is 42.9 Å². The Kier molecular flexibility index (Phi) is 5.29. The second-order valence-corrected chi connectivity index (χ2v) is 9.33. The van der Waals surface area contributed by atoms with Gasteiger partial charge in [-0.3, -0.25) is 10.1 Å². The van der Waals surface area contributed by atoms with E-state index in [1.165, 1.54) is 0 Å². The Bertz CT molecular complexity index is 1490. The molecule has 0 unspecified atom stereocenters. The lowest BCUT2D eigenvalue weighted by Gasteiger charge is -2.33. The van der Waals surface area contributed by atoms with Gasteiger partial charge in [0.25, 0.3) is 0 Å². The van der Waals surface area contributed by atoms with Crippen LogP contribution in [0.1, 0.15) is 13.8 Å². The molecule has 1 aliphatic heterocycles. The first-order chi connectivity index (χ1) is 17.0. The van der Waals surface area contributed by atoms with Gasteiger partial charge in [-0.25, -0.2) is 15.0 Å². The number of imidazole rings is 1. The van der Waals surface area contributed by atoms with Gasteiger partial charge in [0.15, 0.2) is 17.3 Å². The number of hydrogen-bond donors (Lipinski definition) is 3. The monoisotopic (exact) mass is 468 g/mol. The number of aromatic amines is 2. The van der Waals surface area contributed by atoms with Gasteiger partial charge in [-0.2, -0.15) is 5.10 Å². The molecule has 3 N–H and O–H groups in total. The predicted molar refractivity (Wildman–Crippen MR) is 138 cm³/mol. The first kappa shape index (κ1) is 21.5. The van der Waals surface area contributed by atoms with Crippen LogP contribution in [0.25, 0.3) is 44.8 Å². The van der Waals surface area contributed by atoms with Crippen LogP contribution in [0.3, 0.4) is 0 Å². The summed E-state index contributed by atoms with van der Waals surface area (Å²) >= 11 is 0. The number of piperazine rings is 1. The molecule has 178 valence electrons. The molecule has 1 aliphatic rings. The number of nitrogens with zero attached hydrogens (tertiary/aromatic N) is 7. The zero-order chi connectivity index (χ0) is 23.9. The van der Waals surface area contributed by atoms with Crippen molar-refractivity contribution in [1.82, 2.24) is 40.0 Å². The van der Waals surface area contributed by atoms with E-state index in [-0.39, 0.29) is 0 Å². The fourth-order valence-electron chi connectivity index (χ4n) is 4.50. The molecule has 1 saturated heterocycles. The van der Waals surface area contributed by atoms with Crippen LogP contribution in [0.4, 0.5) is 11.5 Å². The topological polar surface area (TPSA) is 115 Å². The van der Waals surface area contributed by atoms with Crippen molar-refractivity contribution in [2.45, 2.75) is 19.9 Å². The zero-order valence-corrected chi connectivity index (χ0v) is 20.1. The second kappa shape index (κ2) is 8.62. The summed E-state index contributed by atoms with van der Waals surface area (Å²) in [6, 6.07) is 8.32. The number of aromatic nitrogens is 7. The van der Waals surface area contributed by atoms with E-state index in [0.717, 1.165) is 71.0 Å². The predicted octanol–water partition coefficient (Wildman–Crippen LogP) is 3.53. The molecular weight excluding hydrogens is 440 g/mol. The third-order valence-corrected chi connectivity index (χ3v) is 6.31. The summed E-state index contributed by atoms with van der Waals surface area (Å²) in [6.45, 7) is 8.09. The van der Waals surface area contributed by atoms with Crippen molar-refractivity contribution in [1.29, 1.82) is 0 Å². The Balaban J connectivity index is 1.39. The fourth-order valence-corrected chi connectivity index (χ4v) is 4.50. The molecule has 1 fully saturated rings. The van der Waals surface area contributed by atoms with Crippen LogP contribution < -0.4 is 10.2 Å². The SMILES string of the molecule is CC(C)Nc1cncc(-c2ccc3[nH]nc(-c4nc5c(N6CCN(C)CC6)nccc5[nH]4)c3n2)c1. The highest BCUT2D eigenvalue weighted by Gasteiger charge is 2.21. The van der Waals surface area contributed by atoms with Crippen LogP contribution in [-0.2, 0) is 0 Å². The van der Waals surface area contributed by atoms with E-state index in [0.29, 0.717) is 17.6 Å². The molecule has 0 aliphatic carbocycles. The normalized spacial score (nSPS) is 14.9. The molecule has 0 saturated carbocycles. The number of fused-ring (bicyclic) bond motifs is 2. The standard InChI is InChI=1S/C25H28N10/c1-15(2)28-17-12-16(13-26-14-17)18-4-5-20-21(29-18)23(33-32-20)24-30-19-6-7-27-25(22(19)31-24)35-10-8-34(3)9-11-35/h4-7,12-15,28H,8-11H2,1-3H3,(H,30,31)(H,32,33). The number of likely N-dealkylation sites (N-methyl/N-ethyl adjacent to an activating group) is 1. The minimum atomic E-state index is 0.321. The molecule has 35 heavy (non-hydrogen) atoms. The highest BCUT2D eigenvalue weighted by atomic mass is 15.3. The number of rotatable bonds is 5. The Morgan fingerprint density at radius 3 is 2.66 bits per heavy atom. The molecule has 5 aromatic heterocycles. The summed E-state index contributed by atoms with van der Waals surface area (Å²) in [5.41, 5.74) is 6.83. The van der Waals surface area contributed by atoms with Crippen LogP contribution in [0.15, 0.2) is 42.9 Å². The van der Waals surface area contributed by atoms with Crippen LogP contribution in [0, 0.1) is 0 Å². The molecule has 5 aromatic rings. The van der Waals surface area contributed by atoms with E-state index in [9.17, 15) is 0 Å². The number of hydrogen-bond acceptors (Lipinski definition) is 8. The first-order valence-electron chi connectivity index (χ1n) is 11.9. The molecule has 0 bridgehead atoms. The van der Waals surface area contributed by atoms with Crippen molar-refractivity contribution < 1.29 is 0 Å². The first-order valence-corrected chi connectivity index (χ1v) is 11.9. The van der Waals surface area contributed by atoms with Crippen molar-refractivity contribution in [2.24, 2.45) is 0 Å². The van der Waals surface area contributed by atoms with Gasteiger partial charge in [0, 0.05) is 56.4 Å². The summed E-state index contributed by atoms with van der Waals surface area (Å²) in [4.78, 5) is 27.0. The van der Waals surface area contributed by atoms with Crippen molar-refractivity contribution in [3.8, 4) is 22.8 Å². The van der Waals surface area contributed by atoms with Crippen molar-refractivity contribution >= 4 is 33.6 Å². The number of anilines is 2. The van der Waals surface area contributed by atoms with E-state index in [4.69, 9.17) is 9.97 Å². The fraction of sp³-hybridized carbons (Fsp3) is 0.320. The number of nitrogens with one attached hydrogen (secondary N) is 3. The molecule has 0 atom stereocenters. The summed E-state index contributed by atoms with van der Waals surface area (Å²) < 4.78 is 0. The Morgan fingerprint density at radius 1 is 0.971 bits per heavy atom. The van der Waals surface area contributed by atoms with Gasteiger partial charge in [-0.15, -0.1) is 0 Å². The van der Waals surface area contributed by atoms with E-state index < -0.39 is 0 Å². The molecule has 10 nitrogen and oxygen atoms in total. The van der Waals surface area contributed by atoms with E-state index >= 15 is 0 Å². The molecule has 0 spiro atoms. The molecule has 6 heterocycles. The van der Waals surface area contributed by atoms with Crippen LogP contribution in [0.2, 0.25) is 0 Å². The molecule has 6 rings (SSSR count). The Hall–Kier alpha value is -4.05. The van der Waals surface area contributed by atoms with Gasteiger partial charge in [0.05, 0.1) is 22.4 Å². The van der Waals surface area contributed by atoms with Gasteiger partial charge in [0.2, 0.25) is 0 Å². The van der Waals surface area contributed by atoms with Gasteiger partial charge >= 0.3 is 0 Å². The van der Waals surface area contributed by atoms with Gasteiger partial charge in [0.1, 0.15) is 11.0 Å². The maximum absolute atomic E-state index is 4.94. The van der Waals surface area contributed by atoms with Crippen molar-refractivity contribution in [2.75, 3.05) is 43.4 Å². The van der Waals surface area contributed by atoms with E-state index in [2.05, 4.69) is 67.2 Å². The Morgan fingerprint density at radius 2 is 1.83 bits per heavy atom. The molecule has 0 radical (unpaired) electrons. The molecular formula is C25H28N10. The third-order valence-electron chi connectivity index (χ3n) is 6.31. The van der Waals surface area contributed by atoms with Crippen LogP contribution in [0.5, 0.6) is 0 Å². The highest BCUT2D eigenvalue weighted by molar-refractivity contribution is 5.94. The minimum absolute atomic E-state index is 0.321. The molecule has 0 aromatic carbocycles. The molecule has 0 amide bonds.